The standard InChI is InChI=1S/C11H17BrN4O/c12-9-10(14-7-15-11(9)17)16-5-1-2-8(6-16)3-4-13/h7-8H,1-6,13H2,(H,14,15,17). The zero-order valence-electron chi connectivity index (χ0n) is 9.66. The van der Waals surface area contributed by atoms with Crippen LogP contribution in [0.1, 0.15) is 19.3 Å². The zero-order chi connectivity index (χ0) is 12.3. The smallest absolute Gasteiger partial charge is 0.267 e. The second kappa shape index (κ2) is 5.64. The number of aromatic nitrogens is 2. The van der Waals surface area contributed by atoms with Crippen LogP contribution in [0.4, 0.5) is 5.82 Å². The minimum absolute atomic E-state index is 0.129. The first-order valence-electron chi connectivity index (χ1n) is 5.90. The monoisotopic (exact) mass is 300 g/mol. The van der Waals surface area contributed by atoms with Crippen LogP contribution in [0.2, 0.25) is 0 Å². The van der Waals surface area contributed by atoms with Gasteiger partial charge in [0.05, 0.1) is 6.33 Å². The van der Waals surface area contributed by atoms with Crippen molar-refractivity contribution in [1.29, 1.82) is 0 Å². The fourth-order valence-electron chi connectivity index (χ4n) is 2.32. The highest BCUT2D eigenvalue weighted by atomic mass is 79.9. The fourth-order valence-corrected chi connectivity index (χ4v) is 2.79. The van der Waals surface area contributed by atoms with Gasteiger partial charge in [-0.25, -0.2) is 4.98 Å². The molecule has 1 unspecified atom stereocenters. The van der Waals surface area contributed by atoms with E-state index in [1.807, 2.05) is 0 Å². The van der Waals surface area contributed by atoms with Crippen molar-refractivity contribution in [2.24, 2.45) is 11.7 Å². The highest BCUT2D eigenvalue weighted by molar-refractivity contribution is 9.10. The molecular formula is C11H17BrN4O. The third-order valence-electron chi connectivity index (χ3n) is 3.17. The Labute approximate surface area is 109 Å². The molecule has 0 aliphatic carbocycles. The maximum absolute atomic E-state index is 11.5. The number of nitrogens with one attached hydrogen (secondary N) is 1. The van der Waals surface area contributed by atoms with Gasteiger partial charge < -0.3 is 15.6 Å². The van der Waals surface area contributed by atoms with Crippen molar-refractivity contribution >= 4 is 21.7 Å². The fraction of sp³-hybridized carbons (Fsp3) is 0.636. The third kappa shape index (κ3) is 2.87. The summed E-state index contributed by atoms with van der Waals surface area (Å²) in [4.78, 5) is 20.5. The first kappa shape index (κ1) is 12.6. The van der Waals surface area contributed by atoms with E-state index in [1.54, 1.807) is 0 Å². The summed E-state index contributed by atoms with van der Waals surface area (Å²) in [7, 11) is 0. The molecule has 17 heavy (non-hydrogen) atoms. The highest BCUT2D eigenvalue weighted by Gasteiger charge is 2.22. The third-order valence-corrected chi connectivity index (χ3v) is 3.89. The molecule has 1 fully saturated rings. The molecule has 1 aromatic heterocycles. The molecule has 5 nitrogen and oxygen atoms in total. The molecule has 2 rings (SSSR count). The molecule has 1 atom stereocenters. The lowest BCUT2D eigenvalue weighted by Gasteiger charge is -2.33. The second-order valence-electron chi connectivity index (χ2n) is 4.40. The molecule has 0 radical (unpaired) electrons. The number of aromatic amines is 1. The van der Waals surface area contributed by atoms with Gasteiger partial charge in [0.1, 0.15) is 10.3 Å². The normalized spacial score (nSPS) is 20.6. The van der Waals surface area contributed by atoms with Gasteiger partial charge in [0, 0.05) is 13.1 Å². The highest BCUT2D eigenvalue weighted by Crippen LogP contribution is 2.26. The lowest BCUT2D eigenvalue weighted by Crippen LogP contribution is -2.37. The van der Waals surface area contributed by atoms with E-state index in [0.29, 0.717) is 10.4 Å². The van der Waals surface area contributed by atoms with Gasteiger partial charge in [-0.15, -0.1) is 0 Å². The van der Waals surface area contributed by atoms with E-state index in [0.717, 1.165) is 38.3 Å². The molecule has 0 spiro atoms. The quantitative estimate of drug-likeness (QED) is 0.876. The van der Waals surface area contributed by atoms with E-state index in [2.05, 4.69) is 30.8 Å². The van der Waals surface area contributed by atoms with Gasteiger partial charge in [0.25, 0.3) is 5.56 Å². The summed E-state index contributed by atoms with van der Waals surface area (Å²) in [6, 6.07) is 0. The summed E-state index contributed by atoms with van der Waals surface area (Å²) >= 11 is 3.30. The predicted octanol–water partition coefficient (Wildman–Crippen LogP) is 1.10. The number of rotatable bonds is 3. The molecule has 1 aromatic rings. The van der Waals surface area contributed by atoms with Crippen LogP contribution in [0, 0.1) is 5.92 Å². The number of nitrogens with two attached hydrogens (primary N) is 1. The van der Waals surface area contributed by atoms with Crippen LogP contribution in [-0.4, -0.2) is 29.6 Å². The number of piperidine rings is 1. The van der Waals surface area contributed by atoms with Crippen molar-refractivity contribution in [1.82, 2.24) is 9.97 Å². The Morgan fingerprint density at radius 2 is 2.47 bits per heavy atom. The lowest BCUT2D eigenvalue weighted by atomic mass is 9.95. The van der Waals surface area contributed by atoms with Crippen LogP contribution in [0.3, 0.4) is 0 Å². The zero-order valence-corrected chi connectivity index (χ0v) is 11.2. The number of halogens is 1. The average molecular weight is 301 g/mol. The van der Waals surface area contributed by atoms with E-state index in [-0.39, 0.29) is 5.56 Å². The van der Waals surface area contributed by atoms with Crippen LogP contribution >= 0.6 is 15.9 Å². The van der Waals surface area contributed by atoms with Gasteiger partial charge in [-0.3, -0.25) is 4.79 Å². The molecule has 1 aliphatic rings. The van der Waals surface area contributed by atoms with Crippen molar-refractivity contribution in [2.45, 2.75) is 19.3 Å². The SMILES string of the molecule is NCCC1CCCN(c2nc[nH]c(=O)c2Br)C1. The molecule has 0 bridgehead atoms. The van der Waals surface area contributed by atoms with Crippen molar-refractivity contribution in [3.8, 4) is 0 Å². The first-order chi connectivity index (χ1) is 8.22. The minimum atomic E-state index is -0.129. The van der Waals surface area contributed by atoms with Gasteiger partial charge in [0.15, 0.2) is 0 Å². The molecule has 6 heteroatoms. The van der Waals surface area contributed by atoms with Crippen LogP contribution < -0.4 is 16.2 Å². The van der Waals surface area contributed by atoms with Crippen LogP contribution in [0.25, 0.3) is 0 Å². The van der Waals surface area contributed by atoms with Crippen LogP contribution in [-0.2, 0) is 0 Å². The Morgan fingerprint density at radius 1 is 1.65 bits per heavy atom. The lowest BCUT2D eigenvalue weighted by molar-refractivity contribution is 0.394. The van der Waals surface area contributed by atoms with Gasteiger partial charge in [-0.1, -0.05) is 0 Å². The van der Waals surface area contributed by atoms with Crippen molar-refractivity contribution in [2.75, 3.05) is 24.5 Å². The number of anilines is 1. The number of nitrogens with zero attached hydrogens (tertiary/aromatic N) is 2. The Balaban J connectivity index is 2.16. The van der Waals surface area contributed by atoms with E-state index in [4.69, 9.17) is 5.73 Å². The van der Waals surface area contributed by atoms with E-state index < -0.39 is 0 Å². The molecule has 1 aliphatic heterocycles. The molecule has 3 N–H and O–H groups in total. The van der Waals surface area contributed by atoms with Crippen molar-refractivity contribution in [3.63, 3.8) is 0 Å². The molecular weight excluding hydrogens is 284 g/mol. The summed E-state index contributed by atoms with van der Waals surface area (Å²) in [5.74, 6) is 1.36. The van der Waals surface area contributed by atoms with E-state index >= 15 is 0 Å². The van der Waals surface area contributed by atoms with E-state index in [9.17, 15) is 4.79 Å². The minimum Gasteiger partial charge on any atom is -0.355 e. The van der Waals surface area contributed by atoms with Gasteiger partial charge in [-0.2, -0.15) is 0 Å². The van der Waals surface area contributed by atoms with Crippen molar-refractivity contribution < 1.29 is 0 Å². The average Bonchev–Trinajstić information content (AvgIpc) is 2.33. The van der Waals surface area contributed by atoms with Gasteiger partial charge >= 0.3 is 0 Å². The summed E-state index contributed by atoms with van der Waals surface area (Å²) < 4.78 is 0.522. The number of H-pyrrole nitrogens is 1. The summed E-state index contributed by atoms with van der Waals surface area (Å²) in [5, 5.41) is 0. The van der Waals surface area contributed by atoms with Crippen LogP contribution in [0.5, 0.6) is 0 Å². The molecule has 94 valence electrons. The number of hydrogen-bond donors (Lipinski definition) is 2. The summed E-state index contributed by atoms with van der Waals surface area (Å²) in [6.45, 7) is 2.62. The van der Waals surface area contributed by atoms with Crippen molar-refractivity contribution in [3.05, 3.63) is 21.2 Å². The Hall–Kier alpha value is -0.880. The Kier molecular flexibility index (Phi) is 4.17. The maximum atomic E-state index is 11.5. The Morgan fingerprint density at radius 3 is 3.24 bits per heavy atom. The molecule has 2 heterocycles. The number of hydrogen-bond acceptors (Lipinski definition) is 4. The topological polar surface area (TPSA) is 75.0 Å². The largest absolute Gasteiger partial charge is 0.355 e. The van der Waals surface area contributed by atoms with E-state index in [1.165, 1.54) is 12.7 Å². The van der Waals surface area contributed by atoms with Crippen LogP contribution in [0.15, 0.2) is 15.6 Å². The van der Waals surface area contributed by atoms with Gasteiger partial charge in [0.2, 0.25) is 0 Å². The van der Waals surface area contributed by atoms with Gasteiger partial charge in [-0.05, 0) is 47.7 Å². The predicted molar refractivity (Wildman–Crippen MR) is 71.2 cm³/mol. The Bertz CT molecular complexity index is 432. The molecule has 0 aromatic carbocycles. The summed E-state index contributed by atoms with van der Waals surface area (Å²) in [6.07, 6.45) is 4.84. The second-order valence-corrected chi connectivity index (χ2v) is 5.19. The molecule has 0 amide bonds. The summed E-state index contributed by atoms with van der Waals surface area (Å²) in [5.41, 5.74) is 5.47. The molecule has 0 saturated carbocycles. The first-order valence-corrected chi connectivity index (χ1v) is 6.70. The maximum Gasteiger partial charge on any atom is 0.267 e. The molecule has 1 saturated heterocycles.